The fourth-order valence-corrected chi connectivity index (χ4v) is 2.54. The molecule has 1 aromatic heterocycles. The van der Waals surface area contributed by atoms with Gasteiger partial charge in [-0.1, -0.05) is 13.8 Å². The van der Waals surface area contributed by atoms with E-state index in [4.69, 9.17) is 10.2 Å². The van der Waals surface area contributed by atoms with Crippen LogP contribution in [0.25, 0.3) is 0 Å². The fraction of sp³-hybridized carbons (Fsp3) is 0.600. The van der Waals surface area contributed by atoms with Crippen molar-refractivity contribution in [3.8, 4) is 0 Å². The van der Waals surface area contributed by atoms with E-state index in [9.17, 15) is 9.59 Å². The lowest BCUT2D eigenvalue weighted by atomic mass is 10.00. The zero-order valence-electron chi connectivity index (χ0n) is 13.0. The maximum Gasteiger partial charge on any atom is 0.287 e. The summed E-state index contributed by atoms with van der Waals surface area (Å²) in [5.74, 6) is -0.230. The summed E-state index contributed by atoms with van der Waals surface area (Å²) in [5.41, 5.74) is 5.92. The van der Waals surface area contributed by atoms with Gasteiger partial charge in [0.05, 0.1) is 6.26 Å². The smallest absolute Gasteiger partial charge is 0.287 e. The van der Waals surface area contributed by atoms with Crippen LogP contribution in [0.5, 0.6) is 0 Å². The van der Waals surface area contributed by atoms with Crippen LogP contribution in [0.3, 0.4) is 0 Å². The van der Waals surface area contributed by atoms with Crippen LogP contribution in [0.2, 0.25) is 0 Å². The Morgan fingerprint density at radius 1 is 1.45 bits per heavy atom. The zero-order chi connectivity index (χ0) is 15.4. The van der Waals surface area contributed by atoms with Crippen molar-refractivity contribution < 1.29 is 14.0 Å². The second-order valence-electron chi connectivity index (χ2n) is 5.86. The lowest BCUT2D eigenvalue weighted by Gasteiger charge is -2.34. The van der Waals surface area contributed by atoms with Crippen LogP contribution < -0.4 is 11.1 Å². The van der Waals surface area contributed by atoms with Gasteiger partial charge in [0.1, 0.15) is 6.04 Å². The van der Waals surface area contributed by atoms with Gasteiger partial charge in [0.2, 0.25) is 5.91 Å². The molecule has 0 bridgehead atoms. The molecule has 0 saturated carbocycles. The maximum absolute atomic E-state index is 12.6. The minimum atomic E-state index is -0.562. The van der Waals surface area contributed by atoms with Crippen molar-refractivity contribution >= 4 is 24.2 Å². The summed E-state index contributed by atoms with van der Waals surface area (Å²) in [5, 5.41) is 2.77. The summed E-state index contributed by atoms with van der Waals surface area (Å²) in [6.07, 6.45) is 3.28. The second kappa shape index (κ2) is 8.19. The Balaban J connectivity index is 0.00000242. The first-order valence-electron chi connectivity index (χ1n) is 7.37. The highest BCUT2D eigenvalue weighted by Gasteiger charge is 2.31. The Morgan fingerprint density at radius 2 is 2.18 bits per heavy atom. The number of furan rings is 1. The average molecular weight is 330 g/mol. The summed E-state index contributed by atoms with van der Waals surface area (Å²) in [6.45, 7) is 5.08. The normalized spacial score (nSPS) is 19.5. The van der Waals surface area contributed by atoms with E-state index in [0.717, 1.165) is 12.8 Å². The average Bonchev–Trinajstić information content (AvgIpc) is 2.97. The third-order valence-electron chi connectivity index (χ3n) is 3.73. The predicted molar refractivity (Wildman–Crippen MR) is 85.8 cm³/mol. The van der Waals surface area contributed by atoms with Crippen molar-refractivity contribution in [1.82, 2.24) is 10.2 Å². The number of rotatable bonds is 4. The standard InChI is InChI=1S/C15H23N3O3.ClH/c1-10(2)13(17-14(19)12-6-4-8-21-12)15(20)18-7-3-5-11(16)9-18;/h4,6,8,10-11,13H,3,5,7,9,16H2,1-2H3,(H,17,19);1H. The molecule has 2 unspecified atom stereocenters. The van der Waals surface area contributed by atoms with Crippen LogP contribution in [0.1, 0.15) is 37.2 Å². The van der Waals surface area contributed by atoms with Crippen molar-refractivity contribution in [3.05, 3.63) is 24.2 Å². The molecule has 3 N–H and O–H groups in total. The molecule has 22 heavy (non-hydrogen) atoms. The van der Waals surface area contributed by atoms with Gasteiger partial charge in [0.25, 0.3) is 5.91 Å². The van der Waals surface area contributed by atoms with E-state index >= 15 is 0 Å². The summed E-state index contributed by atoms with van der Waals surface area (Å²) in [4.78, 5) is 26.4. The minimum absolute atomic E-state index is 0. The van der Waals surface area contributed by atoms with Crippen molar-refractivity contribution in [1.29, 1.82) is 0 Å². The maximum atomic E-state index is 12.6. The van der Waals surface area contributed by atoms with Gasteiger partial charge in [-0.25, -0.2) is 0 Å². The van der Waals surface area contributed by atoms with Crippen molar-refractivity contribution in [2.45, 2.75) is 38.8 Å². The molecule has 124 valence electrons. The van der Waals surface area contributed by atoms with E-state index in [-0.39, 0.29) is 41.9 Å². The summed E-state index contributed by atoms with van der Waals surface area (Å²) >= 11 is 0. The third-order valence-corrected chi connectivity index (χ3v) is 3.73. The Morgan fingerprint density at radius 3 is 2.73 bits per heavy atom. The second-order valence-corrected chi connectivity index (χ2v) is 5.86. The number of nitrogens with zero attached hydrogens (tertiary/aromatic N) is 1. The number of likely N-dealkylation sites (tertiary alicyclic amines) is 1. The number of carbonyl (C=O) groups excluding carboxylic acids is 2. The van der Waals surface area contributed by atoms with Crippen LogP contribution in [0, 0.1) is 5.92 Å². The largest absolute Gasteiger partial charge is 0.459 e. The van der Waals surface area contributed by atoms with Gasteiger partial charge in [0, 0.05) is 19.1 Å². The van der Waals surface area contributed by atoms with Crippen LogP contribution >= 0.6 is 12.4 Å². The highest BCUT2D eigenvalue weighted by molar-refractivity contribution is 5.95. The molecule has 1 saturated heterocycles. The number of nitrogens with one attached hydrogen (secondary N) is 1. The van der Waals surface area contributed by atoms with Gasteiger partial charge in [-0.3, -0.25) is 9.59 Å². The van der Waals surface area contributed by atoms with Gasteiger partial charge in [-0.15, -0.1) is 12.4 Å². The molecule has 0 aromatic carbocycles. The Labute approximate surface area is 136 Å². The van der Waals surface area contributed by atoms with Crippen LogP contribution in [-0.4, -0.2) is 41.9 Å². The Bertz CT molecular complexity index is 490. The van der Waals surface area contributed by atoms with E-state index in [1.54, 1.807) is 17.0 Å². The third kappa shape index (κ3) is 4.48. The summed E-state index contributed by atoms with van der Waals surface area (Å²) in [7, 11) is 0. The molecule has 0 radical (unpaired) electrons. The number of halogens is 1. The Hall–Kier alpha value is -1.53. The van der Waals surface area contributed by atoms with Gasteiger partial charge in [-0.05, 0) is 30.9 Å². The van der Waals surface area contributed by atoms with Crippen molar-refractivity contribution in [3.63, 3.8) is 0 Å². The molecule has 1 aliphatic rings. The summed E-state index contributed by atoms with van der Waals surface area (Å²) in [6, 6.07) is 2.68. The lowest BCUT2D eigenvalue weighted by molar-refractivity contribution is -0.135. The molecular weight excluding hydrogens is 306 g/mol. The van der Waals surface area contributed by atoms with E-state index in [0.29, 0.717) is 13.1 Å². The molecule has 0 aliphatic carbocycles. The van der Waals surface area contributed by atoms with Gasteiger partial charge < -0.3 is 20.4 Å². The lowest BCUT2D eigenvalue weighted by Crippen LogP contribution is -2.55. The Kier molecular flexibility index (Phi) is 6.90. The first-order chi connectivity index (χ1) is 9.99. The van der Waals surface area contributed by atoms with Crippen LogP contribution in [0.15, 0.2) is 22.8 Å². The van der Waals surface area contributed by atoms with Gasteiger partial charge >= 0.3 is 0 Å². The van der Waals surface area contributed by atoms with E-state index in [1.165, 1.54) is 6.26 Å². The first kappa shape index (κ1) is 18.5. The number of hydrogen-bond donors (Lipinski definition) is 2. The molecule has 1 aliphatic heterocycles. The molecule has 2 amide bonds. The molecule has 6 nitrogen and oxygen atoms in total. The fourth-order valence-electron chi connectivity index (χ4n) is 2.54. The molecule has 2 rings (SSSR count). The van der Waals surface area contributed by atoms with Gasteiger partial charge in [0.15, 0.2) is 5.76 Å². The topological polar surface area (TPSA) is 88.6 Å². The molecule has 0 spiro atoms. The summed E-state index contributed by atoms with van der Waals surface area (Å²) < 4.78 is 5.06. The van der Waals surface area contributed by atoms with E-state index in [2.05, 4.69) is 5.32 Å². The number of nitrogens with two attached hydrogens (primary N) is 1. The SMILES string of the molecule is CC(C)C(NC(=O)c1ccco1)C(=O)N1CCCC(N)C1.Cl. The number of amides is 2. The van der Waals surface area contributed by atoms with E-state index in [1.807, 2.05) is 13.8 Å². The molecule has 2 heterocycles. The molecule has 1 fully saturated rings. The minimum Gasteiger partial charge on any atom is -0.459 e. The van der Waals surface area contributed by atoms with Crippen LogP contribution in [0.4, 0.5) is 0 Å². The number of carbonyl (C=O) groups is 2. The monoisotopic (exact) mass is 329 g/mol. The highest BCUT2D eigenvalue weighted by Crippen LogP contribution is 2.14. The van der Waals surface area contributed by atoms with E-state index < -0.39 is 6.04 Å². The quantitative estimate of drug-likeness (QED) is 0.874. The first-order valence-corrected chi connectivity index (χ1v) is 7.37. The zero-order valence-corrected chi connectivity index (χ0v) is 13.8. The molecular formula is C15H24ClN3O3. The van der Waals surface area contributed by atoms with Crippen LogP contribution in [-0.2, 0) is 4.79 Å². The van der Waals surface area contributed by atoms with Gasteiger partial charge in [-0.2, -0.15) is 0 Å². The predicted octanol–water partition coefficient (Wildman–Crippen LogP) is 1.41. The molecule has 2 atom stereocenters. The molecule has 1 aromatic rings. The number of piperidine rings is 1. The van der Waals surface area contributed by atoms with Crippen molar-refractivity contribution in [2.24, 2.45) is 11.7 Å². The highest BCUT2D eigenvalue weighted by atomic mass is 35.5. The molecule has 7 heteroatoms. The number of hydrogen-bond acceptors (Lipinski definition) is 4. The van der Waals surface area contributed by atoms with Crippen molar-refractivity contribution in [2.75, 3.05) is 13.1 Å².